The molecule has 0 unspecified atom stereocenters. The van der Waals surface area contributed by atoms with Crippen LogP contribution in [0, 0.1) is 0 Å². The lowest BCUT2D eigenvalue weighted by molar-refractivity contribution is -0.115. The Balaban J connectivity index is 1.22. The van der Waals surface area contributed by atoms with Crippen LogP contribution in [0.25, 0.3) is 16.8 Å². The number of nitrogens with one attached hydrogen (secondary N) is 1. The number of aliphatic imine (C=N–C) groups is 1. The highest BCUT2D eigenvalue weighted by Gasteiger charge is 2.23. The van der Waals surface area contributed by atoms with Crippen LogP contribution in [-0.2, 0) is 17.8 Å². The lowest BCUT2D eigenvalue weighted by atomic mass is 10.1. The summed E-state index contributed by atoms with van der Waals surface area (Å²) in [6.07, 6.45) is 2.86. The van der Waals surface area contributed by atoms with Crippen molar-refractivity contribution in [1.29, 1.82) is 0 Å². The summed E-state index contributed by atoms with van der Waals surface area (Å²) >= 11 is 1.35. The fourth-order valence-corrected chi connectivity index (χ4v) is 4.55. The number of rotatable bonds is 6. The van der Waals surface area contributed by atoms with E-state index in [1.54, 1.807) is 0 Å². The highest BCUT2D eigenvalue weighted by atomic mass is 32.2. The number of thioether (sulfide) groups is 1. The topological polar surface area (TPSA) is 50.7 Å². The van der Waals surface area contributed by atoms with Gasteiger partial charge >= 0.3 is 0 Å². The number of hydrogen-bond donors (Lipinski definition) is 1. The van der Waals surface area contributed by atoms with Crippen molar-refractivity contribution < 1.29 is 9.53 Å². The molecule has 4 nitrogen and oxygen atoms in total. The number of fused-ring (bicyclic) bond motifs is 1. The summed E-state index contributed by atoms with van der Waals surface area (Å²) in [5, 5.41) is 5.87. The van der Waals surface area contributed by atoms with Gasteiger partial charge in [-0.25, -0.2) is 4.99 Å². The second-order valence-corrected chi connectivity index (χ2v) is 9.07. The van der Waals surface area contributed by atoms with Crippen LogP contribution in [0.4, 0.5) is 5.69 Å². The molecule has 1 heterocycles. The minimum absolute atomic E-state index is 0.134. The number of benzene rings is 4. The van der Waals surface area contributed by atoms with Gasteiger partial charge in [-0.15, -0.1) is 0 Å². The van der Waals surface area contributed by atoms with Crippen LogP contribution in [-0.4, -0.2) is 11.1 Å². The Morgan fingerprint density at radius 1 is 0.882 bits per heavy atom. The van der Waals surface area contributed by atoms with Gasteiger partial charge < -0.3 is 10.1 Å². The van der Waals surface area contributed by atoms with Crippen molar-refractivity contribution in [3.05, 3.63) is 113 Å². The average Bonchev–Trinajstić information content (AvgIpc) is 3.22. The first kappa shape index (κ1) is 22.0. The first-order valence-corrected chi connectivity index (χ1v) is 12.1. The second-order valence-electron chi connectivity index (χ2n) is 8.04. The largest absolute Gasteiger partial charge is 0.489 e. The molecular weight excluding hydrogens is 440 g/mol. The molecule has 4 aromatic carbocycles. The van der Waals surface area contributed by atoms with E-state index >= 15 is 0 Å². The molecule has 1 amide bonds. The molecule has 5 heteroatoms. The molecule has 5 rings (SSSR count). The molecule has 0 aromatic heterocycles. The van der Waals surface area contributed by atoms with Crippen LogP contribution in [0.1, 0.15) is 23.6 Å². The van der Waals surface area contributed by atoms with E-state index in [0.29, 0.717) is 16.7 Å². The summed E-state index contributed by atoms with van der Waals surface area (Å²) < 4.78 is 5.96. The predicted molar refractivity (Wildman–Crippen MR) is 141 cm³/mol. The Hall–Kier alpha value is -3.83. The zero-order valence-electron chi connectivity index (χ0n) is 18.8. The first-order valence-electron chi connectivity index (χ1n) is 11.3. The van der Waals surface area contributed by atoms with Gasteiger partial charge in [-0.05, 0) is 82.1 Å². The number of ether oxygens (including phenoxy) is 1. The Kier molecular flexibility index (Phi) is 6.45. The molecule has 0 radical (unpaired) electrons. The van der Waals surface area contributed by atoms with Gasteiger partial charge in [-0.2, -0.15) is 0 Å². The molecule has 0 aliphatic carbocycles. The predicted octanol–water partition coefficient (Wildman–Crippen LogP) is 6.87. The molecule has 0 spiro atoms. The molecule has 0 atom stereocenters. The molecule has 0 bridgehead atoms. The molecule has 168 valence electrons. The quantitative estimate of drug-likeness (QED) is 0.317. The number of carbonyl (C=O) groups is 1. The minimum atomic E-state index is -0.134. The summed E-state index contributed by atoms with van der Waals surface area (Å²) in [5.41, 5.74) is 4.15. The highest BCUT2D eigenvalue weighted by molar-refractivity contribution is 8.18. The summed E-state index contributed by atoms with van der Waals surface area (Å²) in [6.45, 7) is 2.62. The SMILES string of the molecule is CCc1ccc(N=C2NC(=O)/C(=C/c3ccc(OCc4ccc5ccccc5c4)cc3)S2)cc1. The van der Waals surface area contributed by atoms with Crippen molar-refractivity contribution in [2.45, 2.75) is 20.0 Å². The van der Waals surface area contributed by atoms with Gasteiger partial charge in [0.25, 0.3) is 5.91 Å². The molecule has 1 N–H and O–H groups in total. The van der Waals surface area contributed by atoms with Crippen molar-refractivity contribution in [2.24, 2.45) is 4.99 Å². The fraction of sp³-hybridized carbons (Fsp3) is 0.103. The third-order valence-corrected chi connectivity index (χ3v) is 6.53. The molecule has 0 saturated carbocycles. The average molecular weight is 465 g/mol. The lowest BCUT2D eigenvalue weighted by Crippen LogP contribution is -2.19. The molecule has 34 heavy (non-hydrogen) atoms. The Morgan fingerprint density at radius 3 is 2.38 bits per heavy atom. The third-order valence-electron chi connectivity index (χ3n) is 5.62. The Morgan fingerprint density at radius 2 is 1.62 bits per heavy atom. The normalized spacial score (nSPS) is 15.7. The van der Waals surface area contributed by atoms with E-state index in [-0.39, 0.29) is 5.91 Å². The van der Waals surface area contributed by atoms with Crippen LogP contribution < -0.4 is 10.1 Å². The minimum Gasteiger partial charge on any atom is -0.489 e. The van der Waals surface area contributed by atoms with E-state index in [4.69, 9.17) is 4.74 Å². The Bertz CT molecular complexity index is 1390. The van der Waals surface area contributed by atoms with Crippen LogP contribution in [0.15, 0.2) is 101 Å². The van der Waals surface area contributed by atoms with Gasteiger partial charge in [0.2, 0.25) is 0 Å². The van der Waals surface area contributed by atoms with Crippen LogP contribution in [0.2, 0.25) is 0 Å². The van der Waals surface area contributed by atoms with Crippen molar-refractivity contribution in [3.63, 3.8) is 0 Å². The maximum atomic E-state index is 12.4. The monoisotopic (exact) mass is 464 g/mol. The second kappa shape index (κ2) is 9.98. The van der Waals surface area contributed by atoms with E-state index in [9.17, 15) is 4.79 Å². The van der Waals surface area contributed by atoms with Gasteiger partial charge in [0.1, 0.15) is 12.4 Å². The molecule has 4 aromatic rings. The maximum absolute atomic E-state index is 12.4. The summed E-state index contributed by atoms with van der Waals surface area (Å²) in [6, 6.07) is 30.5. The number of carbonyl (C=O) groups excluding carboxylic acids is 1. The first-order chi connectivity index (χ1) is 16.7. The standard InChI is InChI=1S/C29H24N2O2S/c1-2-20-8-13-25(14-9-20)30-29-31-28(32)27(34-29)18-21-10-15-26(16-11-21)33-19-22-7-12-23-5-3-4-6-24(23)17-22/h3-18H,2,19H2,1H3,(H,30,31,32)/b27-18-. The zero-order valence-corrected chi connectivity index (χ0v) is 19.6. The van der Waals surface area contributed by atoms with Crippen LogP contribution in [0.3, 0.4) is 0 Å². The maximum Gasteiger partial charge on any atom is 0.264 e. The van der Waals surface area contributed by atoms with Crippen molar-refractivity contribution in [2.75, 3.05) is 0 Å². The third kappa shape index (κ3) is 5.21. The van der Waals surface area contributed by atoms with Crippen molar-refractivity contribution in [3.8, 4) is 5.75 Å². The molecule has 1 fully saturated rings. The van der Waals surface area contributed by atoms with E-state index < -0.39 is 0 Å². The van der Waals surface area contributed by atoms with Gasteiger partial charge in [-0.1, -0.05) is 67.6 Å². The number of hydrogen-bond acceptors (Lipinski definition) is 4. The zero-order chi connectivity index (χ0) is 23.3. The summed E-state index contributed by atoms with van der Waals surface area (Å²) in [5.74, 6) is 0.655. The van der Waals surface area contributed by atoms with E-state index in [0.717, 1.165) is 29.0 Å². The summed E-state index contributed by atoms with van der Waals surface area (Å²) in [7, 11) is 0. The molecule has 1 aliphatic heterocycles. The van der Waals surface area contributed by atoms with Gasteiger partial charge in [0.15, 0.2) is 5.17 Å². The number of nitrogens with zero attached hydrogens (tertiary/aromatic N) is 1. The number of aryl methyl sites for hydroxylation is 1. The smallest absolute Gasteiger partial charge is 0.264 e. The molecule has 1 saturated heterocycles. The van der Waals surface area contributed by atoms with E-state index in [1.165, 1.54) is 28.1 Å². The molecular formula is C29H24N2O2S. The fourth-order valence-electron chi connectivity index (χ4n) is 3.71. The van der Waals surface area contributed by atoms with E-state index in [1.807, 2.05) is 54.6 Å². The lowest BCUT2D eigenvalue weighted by Gasteiger charge is -2.08. The van der Waals surface area contributed by atoms with Crippen molar-refractivity contribution >= 4 is 45.4 Å². The summed E-state index contributed by atoms with van der Waals surface area (Å²) in [4.78, 5) is 17.6. The van der Waals surface area contributed by atoms with Gasteiger partial charge in [-0.3, -0.25) is 4.79 Å². The van der Waals surface area contributed by atoms with E-state index in [2.05, 4.69) is 59.7 Å². The number of amides is 1. The Labute approximate surface area is 203 Å². The number of amidine groups is 1. The van der Waals surface area contributed by atoms with Crippen molar-refractivity contribution in [1.82, 2.24) is 5.32 Å². The van der Waals surface area contributed by atoms with Gasteiger partial charge in [0.05, 0.1) is 10.6 Å². The highest BCUT2D eigenvalue weighted by Crippen LogP contribution is 2.28. The van der Waals surface area contributed by atoms with Gasteiger partial charge in [0, 0.05) is 0 Å². The molecule has 1 aliphatic rings. The van der Waals surface area contributed by atoms with Crippen LogP contribution >= 0.6 is 11.8 Å². The van der Waals surface area contributed by atoms with Crippen LogP contribution in [0.5, 0.6) is 5.75 Å².